The molecule has 1 N–H and O–H groups in total. The molecular weight excluding hydrogens is 289 g/mol. The van der Waals surface area contributed by atoms with E-state index in [1.165, 1.54) is 5.56 Å². The molecule has 0 aliphatic carbocycles. The van der Waals surface area contributed by atoms with Crippen molar-refractivity contribution in [3.05, 3.63) is 34.3 Å². The van der Waals surface area contributed by atoms with Crippen molar-refractivity contribution in [2.24, 2.45) is 0 Å². The van der Waals surface area contributed by atoms with Crippen molar-refractivity contribution in [1.29, 1.82) is 0 Å². The summed E-state index contributed by atoms with van der Waals surface area (Å²) in [5, 5.41) is 2.80. The van der Waals surface area contributed by atoms with Crippen molar-refractivity contribution in [3.63, 3.8) is 0 Å². The first kappa shape index (κ1) is 13.5. The minimum atomic E-state index is -0.133. The molecule has 0 aliphatic heterocycles. The number of benzene rings is 1. The summed E-state index contributed by atoms with van der Waals surface area (Å²) in [6.45, 7) is 4.76. The van der Waals surface area contributed by atoms with Gasteiger partial charge in [-0.2, -0.15) is 0 Å². The molecule has 16 heavy (non-hydrogen) atoms. The predicted molar refractivity (Wildman–Crippen MR) is 70.9 cm³/mol. The number of hydrogen-bond donors (Lipinski definition) is 1. The Morgan fingerprint density at radius 2 is 1.94 bits per heavy atom. The van der Waals surface area contributed by atoms with Gasteiger partial charge in [0.25, 0.3) is 0 Å². The van der Waals surface area contributed by atoms with Gasteiger partial charge in [-0.15, -0.1) is 11.6 Å². The van der Waals surface area contributed by atoms with Crippen LogP contribution < -0.4 is 5.32 Å². The third kappa shape index (κ3) is 3.80. The van der Waals surface area contributed by atoms with Gasteiger partial charge in [0.2, 0.25) is 5.91 Å². The lowest BCUT2D eigenvalue weighted by Crippen LogP contribution is -2.37. The smallest absolute Gasteiger partial charge is 0.234 e. The van der Waals surface area contributed by atoms with E-state index in [9.17, 15) is 4.79 Å². The standard InChI is InChI=1S/C12H15BrClNO/c1-12(2,8-15-11(16)7-14)9-3-5-10(13)6-4-9/h3-6H,7-8H2,1-2H3,(H,15,16). The average molecular weight is 305 g/mol. The lowest BCUT2D eigenvalue weighted by Gasteiger charge is -2.25. The van der Waals surface area contributed by atoms with E-state index in [-0.39, 0.29) is 17.2 Å². The number of carbonyl (C=O) groups is 1. The number of halogens is 2. The molecule has 0 unspecified atom stereocenters. The maximum absolute atomic E-state index is 11.1. The summed E-state index contributed by atoms with van der Waals surface area (Å²) in [7, 11) is 0. The fourth-order valence-corrected chi connectivity index (χ4v) is 1.73. The molecule has 4 heteroatoms. The van der Waals surface area contributed by atoms with Gasteiger partial charge in [-0.3, -0.25) is 4.79 Å². The van der Waals surface area contributed by atoms with Crippen LogP contribution >= 0.6 is 27.5 Å². The number of carbonyl (C=O) groups excluding carboxylic acids is 1. The van der Waals surface area contributed by atoms with Gasteiger partial charge in [0, 0.05) is 16.4 Å². The van der Waals surface area contributed by atoms with Gasteiger partial charge in [0.15, 0.2) is 0 Å². The molecule has 0 bridgehead atoms. The highest BCUT2D eigenvalue weighted by molar-refractivity contribution is 9.10. The third-order valence-electron chi connectivity index (χ3n) is 2.47. The summed E-state index contributed by atoms with van der Waals surface area (Å²) in [4.78, 5) is 11.1. The second-order valence-electron chi connectivity index (χ2n) is 4.30. The SMILES string of the molecule is CC(C)(CNC(=O)CCl)c1ccc(Br)cc1. The van der Waals surface area contributed by atoms with Gasteiger partial charge in [0.1, 0.15) is 5.88 Å². The number of amides is 1. The molecule has 0 saturated heterocycles. The number of nitrogens with one attached hydrogen (secondary N) is 1. The Morgan fingerprint density at radius 1 is 1.38 bits per heavy atom. The van der Waals surface area contributed by atoms with Gasteiger partial charge < -0.3 is 5.32 Å². The van der Waals surface area contributed by atoms with Crippen LogP contribution in [0.3, 0.4) is 0 Å². The minimum absolute atomic E-state index is 0.0103. The Balaban J connectivity index is 2.69. The summed E-state index contributed by atoms with van der Waals surface area (Å²) in [6.07, 6.45) is 0. The maximum Gasteiger partial charge on any atom is 0.234 e. The zero-order valence-corrected chi connectivity index (χ0v) is 11.7. The molecule has 0 spiro atoms. The zero-order valence-electron chi connectivity index (χ0n) is 9.39. The van der Waals surface area contributed by atoms with Gasteiger partial charge in [-0.05, 0) is 17.7 Å². The van der Waals surface area contributed by atoms with Gasteiger partial charge in [-0.1, -0.05) is 41.9 Å². The molecule has 0 aromatic heterocycles. The largest absolute Gasteiger partial charge is 0.354 e. The van der Waals surface area contributed by atoms with E-state index in [1.54, 1.807) is 0 Å². The van der Waals surface area contributed by atoms with Crippen molar-refractivity contribution in [3.8, 4) is 0 Å². The third-order valence-corrected chi connectivity index (χ3v) is 3.25. The van der Waals surface area contributed by atoms with E-state index >= 15 is 0 Å². The Kier molecular flexibility index (Phi) is 4.81. The highest BCUT2D eigenvalue weighted by Gasteiger charge is 2.20. The quantitative estimate of drug-likeness (QED) is 0.851. The molecule has 0 saturated carbocycles. The van der Waals surface area contributed by atoms with Crippen LogP contribution in [0.2, 0.25) is 0 Å². The highest BCUT2D eigenvalue weighted by atomic mass is 79.9. The summed E-state index contributed by atoms with van der Waals surface area (Å²) in [6, 6.07) is 8.11. The molecule has 0 radical (unpaired) electrons. The van der Waals surface area contributed by atoms with Crippen molar-refractivity contribution < 1.29 is 4.79 Å². The Morgan fingerprint density at radius 3 is 2.44 bits per heavy atom. The number of rotatable bonds is 4. The topological polar surface area (TPSA) is 29.1 Å². The van der Waals surface area contributed by atoms with Crippen molar-refractivity contribution in [1.82, 2.24) is 5.32 Å². The van der Waals surface area contributed by atoms with Crippen molar-refractivity contribution in [2.75, 3.05) is 12.4 Å². The van der Waals surface area contributed by atoms with Gasteiger partial charge >= 0.3 is 0 Å². The van der Waals surface area contributed by atoms with Crippen molar-refractivity contribution in [2.45, 2.75) is 19.3 Å². The molecule has 1 rings (SSSR count). The zero-order chi connectivity index (χ0) is 12.2. The minimum Gasteiger partial charge on any atom is -0.354 e. The Labute approximate surface area is 110 Å². The molecule has 0 atom stereocenters. The second kappa shape index (κ2) is 5.69. The van der Waals surface area contributed by atoms with E-state index in [4.69, 9.17) is 11.6 Å². The van der Waals surface area contributed by atoms with Gasteiger partial charge in [-0.25, -0.2) is 0 Å². The molecule has 2 nitrogen and oxygen atoms in total. The lowest BCUT2D eigenvalue weighted by molar-refractivity contribution is -0.118. The summed E-state index contributed by atoms with van der Waals surface area (Å²) in [5.74, 6) is -0.122. The average Bonchev–Trinajstić information content (AvgIpc) is 2.26. The van der Waals surface area contributed by atoms with E-state index in [1.807, 2.05) is 12.1 Å². The first-order chi connectivity index (χ1) is 7.45. The van der Waals surface area contributed by atoms with Crippen LogP contribution in [0.5, 0.6) is 0 Å². The van der Waals surface area contributed by atoms with Crippen LogP contribution in [0.15, 0.2) is 28.7 Å². The first-order valence-electron chi connectivity index (χ1n) is 5.04. The fourth-order valence-electron chi connectivity index (χ4n) is 1.37. The van der Waals surface area contributed by atoms with E-state index in [0.29, 0.717) is 6.54 Å². The van der Waals surface area contributed by atoms with Crippen LogP contribution in [0.1, 0.15) is 19.4 Å². The van der Waals surface area contributed by atoms with Crippen LogP contribution in [-0.4, -0.2) is 18.3 Å². The van der Waals surface area contributed by atoms with Gasteiger partial charge in [0.05, 0.1) is 0 Å². The first-order valence-corrected chi connectivity index (χ1v) is 6.37. The van der Waals surface area contributed by atoms with E-state index in [0.717, 1.165) is 4.47 Å². The van der Waals surface area contributed by atoms with Crippen LogP contribution in [0, 0.1) is 0 Å². The van der Waals surface area contributed by atoms with E-state index in [2.05, 4.69) is 47.2 Å². The highest BCUT2D eigenvalue weighted by Crippen LogP contribution is 2.23. The number of alkyl halides is 1. The van der Waals surface area contributed by atoms with E-state index < -0.39 is 0 Å². The second-order valence-corrected chi connectivity index (χ2v) is 5.48. The predicted octanol–water partition coefficient (Wildman–Crippen LogP) is 3.08. The molecule has 1 aromatic rings. The Bertz CT molecular complexity index is 362. The van der Waals surface area contributed by atoms with Crippen LogP contribution in [0.4, 0.5) is 0 Å². The maximum atomic E-state index is 11.1. The number of hydrogen-bond acceptors (Lipinski definition) is 1. The molecule has 0 aliphatic rings. The molecule has 0 fully saturated rings. The molecule has 1 aromatic carbocycles. The monoisotopic (exact) mass is 303 g/mol. The van der Waals surface area contributed by atoms with Crippen LogP contribution in [0.25, 0.3) is 0 Å². The van der Waals surface area contributed by atoms with Crippen LogP contribution in [-0.2, 0) is 10.2 Å². The summed E-state index contributed by atoms with van der Waals surface area (Å²) in [5.41, 5.74) is 1.09. The molecule has 1 amide bonds. The fraction of sp³-hybridized carbons (Fsp3) is 0.417. The summed E-state index contributed by atoms with van der Waals surface area (Å²) >= 11 is 8.83. The van der Waals surface area contributed by atoms with Crippen molar-refractivity contribution >= 4 is 33.4 Å². The Hall–Kier alpha value is -0.540. The molecule has 88 valence electrons. The molecule has 0 heterocycles. The molecular formula is C12H15BrClNO. The summed E-state index contributed by atoms with van der Waals surface area (Å²) < 4.78 is 1.05. The normalized spacial score (nSPS) is 11.2. The lowest BCUT2D eigenvalue weighted by atomic mass is 9.84.